The first-order valence-electron chi connectivity index (χ1n) is 11.6. The molecule has 1 saturated heterocycles. The van der Waals surface area contributed by atoms with Gasteiger partial charge in [-0.3, -0.25) is 4.90 Å². The van der Waals surface area contributed by atoms with Crippen molar-refractivity contribution in [2.75, 3.05) is 31.1 Å². The average molecular weight is 518 g/mol. The standard InChI is InChI=1S/C27H24ClN5O2S/c28-21-10-12-22(13-11-21)36(34,35)25(18-29)26-27(31-24-9-5-4-8-23(24)30-26)33-16-14-32(15-17-33)19-20-6-2-1-3-7-20/h1-13,25H,14-17,19H2. The molecule has 7 nitrogen and oxygen atoms in total. The monoisotopic (exact) mass is 517 g/mol. The smallest absolute Gasteiger partial charge is 0.200 e. The Labute approximate surface area is 215 Å². The van der Waals surface area contributed by atoms with E-state index in [0.29, 0.717) is 35.0 Å². The van der Waals surface area contributed by atoms with E-state index in [0.717, 1.165) is 19.6 Å². The number of para-hydroxylation sites is 2. The molecule has 0 aliphatic carbocycles. The van der Waals surface area contributed by atoms with Crippen LogP contribution >= 0.6 is 11.6 Å². The van der Waals surface area contributed by atoms with E-state index < -0.39 is 15.1 Å². The Kier molecular flexibility index (Phi) is 6.88. The molecule has 5 rings (SSSR count). The third kappa shape index (κ3) is 4.91. The van der Waals surface area contributed by atoms with Crippen LogP contribution in [0.25, 0.3) is 11.0 Å². The lowest BCUT2D eigenvalue weighted by molar-refractivity contribution is 0.249. The molecule has 0 saturated carbocycles. The fraction of sp³-hybridized carbons (Fsp3) is 0.222. The number of nitrogens with zero attached hydrogens (tertiary/aromatic N) is 5. The fourth-order valence-corrected chi connectivity index (χ4v) is 5.91. The SMILES string of the molecule is N#CC(c1nc2ccccc2nc1N1CCN(Cc2ccccc2)CC1)S(=O)(=O)c1ccc(Cl)cc1. The molecule has 4 aromatic rings. The van der Waals surface area contributed by atoms with Gasteiger partial charge in [0.25, 0.3) is 0 Å². The average Bonchev–Trinajstić information content (AvgIpc) is 2.90. The van der Waals surface area contributed by atoms with Crippen LogP contribution in [0.1, 0.15) is 16.5 Å². The van der Waals surface area contributed by atoms with E-state index in [1.54, 1.807) is 6.07 Å². The van der Waals surface area contributed by atoms with E-state index in [-0.39, 0.29) is 10.6 Å². The number of fused-ring (bicyclic) bond motifs is 1. The summed E-state index contributed by atoms with van der Waals surface area (Å²) in [5, 5.41) is 8.99. The van der Waals surface area contributed by atoms with Crippen LogP contribution < -0.4 is 4.90 Å². The Morgan fingerprint density at radius 1 is 0.861 bits per heavy atom. The van der Waals surface area contributed by atoms with E-state index in [4.69, 9.17) is 16.6 Å². The first kappa shape index (κ1) is 24.2. The maximum atomic E-state index is 13.5. The van der Waals surface area contributed by atoms with E-state index in [1.807, 2.05) is 47.4 Å². The van der Waals surface area contributed by atoms with Crippen molar-refractivity contribution in [2.24, 2.45) is 0 Å². The highest BCUT2D eigenvalue weighted by Crippen LogP contribution is 2.34. The highest BCUT2D eigenvalue weighted by Gasteiger charge is 2.35. The van der Waals surface area contributed by atoms with Crippen molar-refractivity contribution < 1.29 is 8.42 Å². The van der Waals surface area contributed by atoms with Crippen molar-refractivity contribution in [3.63, 3.8) is 0 Å². The van der Waals surface area contributed by atoms with Gasteiger partial charge in [0.15, 0.2) is 11.1 Å². The Morgan fingerprint density at radius 3 is 2.11 bits per heavy atom. The highest BCUT2D eigenvalue weighted by molar-refractivity contribution is 7.92. The second kappa shape index (κ2) is 10.2. The van der Waals surface area contributed by atoms with Crippen LogP contribution in [0, 0.1) is 11.3 Å². The van der Waals surface area contributed by atoms with E-state index in [9.17, 15) is 13.7 Å². The Bertz CT molecular complexity index is 1510. The van der Waals surface area contributed by atoms with Crippen LogP contribution in [-0.4, -0.2) is 49.5 Å². The predicted octanol–water partition coefficient (Wildman–Crippen LogP) is 4.64. The predicted molar refractivity (Wildman–Crippen MR) is 140 cm³/mol. The molecule has 0 spiro atoms. The molecule has 1 aliphatic rings. The van der Waals surface area contributed by atoms with Gasteiger partial charge in [-0.15, -0.1) is 0 Å². The van der Waals surface area contributed by atoms with E-state index in [2.05, 4.69) is 22.0 Å². The van der Waals surface area contributed by atoms with Crippen molar-refractivity contribution in [1.29, 1.82) is 5.26 Å². The van der Waals surface area contributed by atoms with Gasteiger partial charge in [-0.2, -0.15) is 5.26 Å². The molecule has 1 fully saturated rings. The zero-order valence-corrected chi connectivity index (χ0v) is 21.0. The Morgan fingerprint density at radius 2 is 1.47 bits per heavy atom. The molecule has 1 aromatic heterocycles. The molecule has 2 heterocycles. The van der Waals surface area contributed by atoms with Gasteiger partial charge in [-0.05, 0) is 42.0 Å². The molecule has 0 N–H and O–H groups in total. The third-order valence-electron chi connectivity index (χ3n) is 6.32. The number of piperazine rings is 1. The largest absolute Gasteiger partial charge is 0.352 e. The van der Waals surface area contributed by atoms with Gasteiger partial charge in [-0.25, -0.2) is 18.4 Å². The Balaban J connectivity index is 1.49. The molecule has 0 bridgehead atoms. The minimum atomic E-state index is -4.06. The van der Waals surface area contributed by atoms with Gasteiger partial charge in [0.2, 0.25) is 9.84 Å². The summed E-state index contributed by atoms with van der Waals surface area (Å²) in [6, 6.07) is 25.4. The maximum Gasteiger partial charge on any atom is 0.200 e. The fourth-order valence-electron chi connectivity index (χ4n) is 4.41. The molecular weight excluding hydrogens is 494 g/mol. The summed E-state index contributed by atoms with van der Waals surface area (Å²) in [6.07, 6.45) is 0. The van der Waals surface area contributed by atoms with Gasteiger partial charge in [-0.1, -0.05) is 54.1 Å². The zero-order valence-electron chi connectivity index (χ0n) is 19.5. The maximum absolute atomic E-state index is 13.5. The van der Waals surface area contributed by atoms with Gasteiger partial charge in [0, 0.05) is 37.7 Å². The van der Waals surface area contributed by atoms with Gasteiger partial charge < -0.3 is 4.90 Å². The number of hydrogen-bond donors (Lipinski definition) is 0. The molecule has 0 radical (unpaired) electrons. The quantitative estimate of drug-likeness (QED) is 0.368. The normalized spacial score (nSPS) is 15.5. The lowest BCUT2D eigenvalue weighted by atomic mass is 10.2. The van der Waals surface area contributed by atoms with Crippen molar-refractivity contribution in [3.8, 4) is 6.07 Å². The summed E-state index contributed by atoms with van der Waals surface area (Å²) in [5.74, 6) is 0.442. The molecule has 3 aromatic carbocycles. The minimum Gasteiger partial charge on any atom is -0.352 e. The third-order valence-corrected chi connectivity index (χ3v) is 8.45. The van der Waals surface area contributed by atoms with Crippen LogP contribution in [0.3, 0.4) is 0 Å². The molecule has 1 atom stereocenters. The summed E-state index contributed by atoms with van der Waals surface area (Å²) < 4.78 is 27.1. The number of anilines is 1. The van der Waals surface area contributed by atoms with Gasteiger partial charge in [0.05, 0.1) is 22.0 Å². The molecule has 1 aliphatic heterocycles. The van der Waals surface area contributed by atoms with Gasteiger partial charge in [0.1, 0.15) is 5.69 Å². The van der Waals surface area contributed by atoms with Crippen LogP contribution in [0.4, 0.5) is 5.82 Å². The first-order chi connectivity index (χ1) is 17.5. The summed E-state index contributed by atoms with van der Waals surface area (Å²) in [4.78, 5) is 13.9. The summed E-state index contributed by atoms with van der Waals surface area (Å²) in [6.45, 7) is 3.70. The summed E-state index contributed by atoms with van der Waals surface area (Å²) in [7, 11) is -4.06. The topological polar surface area (TPSA) is 90.2 Å². The molecule has 9 heteroatoms. The number of halogens is 1. The van der Waals surface area contributed by atoms with E-state index >= 15 is 0 Å². The Hall–Kier alpha value is -3.51. The second-order valence-corrected chi connectivity index (χ2v) is 11.1. The highest BCUT2D eigenvalue weighted by atomic mass is 35.5. The second-order valence-electron chi connectivity index (χ2n) is 8.68. The summed E-state index contributed by atoms with van der Waals surface area (Å²) >= 11 is 5.95. The van der Waals surface area contributed by atoms with Crippen LogP contribution in [0.5, 0.6) is 0 Å². The van der Waals surface area contributed by atoms with Crippen molar-refractivity contribution in [3.05, 3.63) is 95.1 Å². The van der Waals surface area contributed by atoms with Crippen molar-refractivity contribution in [2.45, 2.75) is 16.7 Å². The number of benzene rings is 3. The van der Waals surface area contributed by atoms with Crippen molar-refractivity contribution in [1.82, 2.24) is 14.9 Å². The minimum absolute atomic E-state index is 0.0204. The number of rotatable bonds is 6. The van der Waals surface area contributed by atoms with Crippen molar-refractivity contribution >= 4 is 38.3 Å². The first-order valence-corrected chi connectivity index (χ1v) is 13.5. The van der Waals surface area contributed by atoms with E-state index in [1.165, 1.54) is 29.8 Å². The van der Waals surface area contributed by atoms with Gasteiger partial charge >= 0.3 is 0 Å². The lowest BCUT2D eigenvalue weighted by Crippen LogP contribution is -2.46. The van der Waals surface area contributed by atoms with Crippen LogP contribution in [-0.2, 0) is 16.4 Å². The molecule has 182 valence electrons. The lowest BCUT2D eigenvalue weighted by Gasteiger charge is -2.36. The number of aromatic nitrogens is 2. The summed E-state index contributed by atoms with van der Waals surface area (Å²) in [5.41, 5.74) is 2.60. The molecule has 1 unspecified atom stereocenters. The zero-order chi connectivity index (χ0) is 25.1. The number of hydrogen-bond acceptors (Lipinski definition) is 7. The van der Waals surface area contributed by atoms with Crippen LogP contribution in [0.2, 0.25) is 5.02 Å². The van der Waals surface area contributed by atoms with Crippen LogP contribution in [0.15, 0.2) is 83.8 Å². The molecular formula is C27H24ClN5O2S. The molecule has 36 heavy (non-hydrogen) atoms. The number of nitriles is 1. The number of sulfone groups is 1. The molecule has 0 amide bonds.